The Hall–Kier alpha value is -4.06. The maximum absolute atomic E-state index is 13.3. The van der Waals surface area contributed by atoms with Gasteiger partial charge >= 0.3 is 0 Å². The molecule has 0 fully saturated rings. The van der Waals surface area contributed by atoms with E-state index in [-0.39, 0.29) is 5.91 Å². The number of carbonyl (C=O) groups excluding carboxylic acids is 1. The van der Waals surface area contributed by atoms with Gasteiger partial charge in [-0.3, -0.25) is 4.79 Å². The summed E-state index contributed by atoms with van der Waals surface area (Å²) in [5.41, 5.74) is 4.48. The van der Waals surface area contributed by atoms with Crippen LogP contribution in [0.25, 0.3) is 11.3 Å². The maximum Gasteiger partial charge on any atom is 0.255 e. The third-order valence-corrected chi connectivity index (χ3v) is 4.46. The average molecular weight is 398 g/mol. The average Bonchev–Trinajstić information content (AvgIpc) is 2.74. The number of rotatable bonds is 5. The molecule has 0 aliphatic rings. The van der Waals surface area contributed by atoms with Crippen LogP contribution in [0.15, 0.2) is 84.9 Å². The topological polar surface area (TPSA) is 66.9 Å². The van der Waals surface area contributed by atoms with Gasteiger partial charge in [0, 0.05) is 22.5 Å². The van der Waals surface area contributed by atoms with E-state index in [4.69, 9.17) is 0 Å². The van der Waals surface area contributed by atoms with E-state index >= 15 is 0 Å². The van der Waals surface area contributed by atoms with Crippen LogP contribution in [0.3, 0.4) is 0 Å². The van der Waals surface area contributed by atoms with Crippen LogP contribution in [0.5, 0.6) is 0 Å². The second-order valence-corrected chi connectivity index (χ2v) is 6.84. The summed E-state index contributed by atoms with van der Waals surface area (Å²) in [7, 11) is 0. The standard InChI is InChI=1S/C24H19FN4O/c1-16-5-2-6-17(13-16)22-11-12-23(29-28-22)26-20-9-3-7-18(14-20)24(30)27-21-10-4-8-19(25)15-21/h2-15H,1H3,(H,26,29)(H,27,30). The zero-order valence-electron chi connectivity index (χ0n) is 16.3. The van der Waals surface area contributed by atoms with Gasteiger partial charge in [0.05, 0.1) is 5.69 Å². The minimum atomic E-state index is -0.407. The molecule has 3 aromatic carbocycles. The first kappa shape index (κ1) is 19.3. The molecule has 0 bridgehead atoms. The second-order valence-electron chi connectivity index (χ2n) is 6.84. The third-order valence-electron chi connectivity index (χ3n) is 4.46. The number of anilines is 3. The molecule has 2 N–H and O–H groups in total. The minimum absolute atomic E-state index is 0.329. The van der Waals surface area contributed by atoms with E-state index in [2.05, 4.69) is 26.9 Å². The zero-order valence-corrected chi connectivity index (χ0v) is 16.3. The van der Waals surface area contributed by atoms with Crippen molar-refractivity contribution in [1.29, 1.82) is 0 Å². The molecule has 0 atom stereocenters. The van der Waals surface area contributed by atoms with Crippen molar-refractivity contribution in [3.05, 3.63) is 102 Å². The van der Waals surface area contributed by atoms with Gasteiger partial charge in [0.25, 0.3) is 5.91 Å². The molecule has 1 amide bonds. The Morgan fingerprint density at radius 1 is 0.833 bits per heavy atom. The summed E-state index contributed by atoms with van der Waals surface area (Å²) in [6, 6.07) is 24.5. The van der Waals surface area contributed by atoms with E-state index < -0.39 is 5.82 Å². The SMILES string of the molecule is Cc1cccc(-c2ccc(Nc3cccc(C(=O)Nc4cccc(F)c4)c3)nn2)c1. The van der Waals surface area contributed by atoms with Crippen LogP contribution >= 0.6 is 0 Å². The molecule has 0 saturated heterocycles. The van der Waals surface area contributed by atoms with Crippen LogP contribution in [0.4, 0.5) is 21.6 Å². The molecular formula is C24H19FN4O. The molecule has 1 heterocycles. The van der Waals surface area contributed by atoms with Crippen LogP contribution < -0.4 is 10.6 Å². The van der Waals surface area contributed by atoms with Gasteiger partial charge in [-0.15, -0.1) is 10.2 Å². The molecule has 4 rings (SSSR count). The fourth-order valence-corrected chi connectivity index (χ4v) is 3.01. The van der Waals surface area contributed by atoms with Crippen molar-refractivity contribution < 1.29 is 9.18 Å². The molecule has 6 heteroatoms. The van der Waals surface area contributed by atoms with E-state index in [1.807, 2.05) is 43.3 Å². The molecule has 0 aliphatic heterocycles. The van der Waals surface area contributed by atoms with Crippen LogP contribution in [0, 0.1) is 12.7 Å². The number of aromatic nitrogens is 2. The highest BCUT2D eigenvalue weighted by Gasteiger charge is 2.08. The van der Waals surface area contributed by atoms with E-state index in [1.54, 1.807) is 30.3 Å². The number of amides is 1. The third kappa shape index (κ3) is 4.67. The molecule has 0 saturated carbocycles. The Morgan fingerprint density at radius 2 is 1.63 bits per heavy atom. The van der Waals surface area contributed by atoms with Crippen molar-refractivity contribution in [3.8, 4) is 11.3 Å². The van der Waals surface area contributed by atoms with Gasteiger partial charge in [-0.1, -0.05) is 35.9 Å². The molecule has 0 unspecified atom stereocenters. The number of hydrogen-bond acceptors (Lipinski definition) is 4. The number of halogens is 1. The number of hydrogen-bond donors (Lipinski definition) is 2. The van der Waals surface area contributed by atoms with Crippen molar-refractivity contribution >= 4 is 23.1 Å². The smallest absolute Gasteiger partial charge is 0.255 e. The van der Waals surface area contributed by atoms with Crippen LogP contribution in [-0.4, -0.2) is 16.1 Å². The van der Waals surface area contributed by atoms with Crippen LogP contribution in [-0.2, 0) is 0 Å². The normalized spacial score (nSPS) is 10.5. The quantitative estimate of drug-likeness (QED) is 0.460. The second kappa shape index (κ2) is 8.53. The summed E-state index contributed by atoms with van der Waals surface area (Å²) >= 11 is 0. The highest BCUT2D eigenvalue weighted by Crippen LogP contribution is 2.21. The van der Waals surface area contributed by atoms with Gasteiger partial charge in [-0.2, -0.15) is 0 Å². The number of carbonyl (C=O) groups is 1. The lowest BCUT2D eigenvalue weighted by atomic mass is 10.1. The molecule has 0 radical (unpaired) electrons. The summed E-state index contributed by atoms with van der Waals surface area (Å²) in [6.07, 6.45) is 0. The molecule has 0 aliphatic carbocycles. The summed E-state index contributed by atoms with van der Waals surface area (Å²) in [6.45, 7) is 2.03. The molecule has 4 aromatic rings. The summed E-state index contributed by atoms with van der Waals surface area (Å²) in [5.74, 6) is -0.171. The molecule has 1 aromatic heterocycles. The molecular weight excluding hydrogens is 379 g/mol. The molecule has 30 heavy (non-hydrogen) atoms. The Balaban J connectivity index is 1.47. The Bertz CT molecular complexity index is 1190. The van der Waals surface area contributed by atoms with E-state index in [0.717, 1.165) is 16.8 Å². The predicted octanol–water partition coefficient (Wildman–Crippen LogP) is 5.59. The first-order valence-corrected chi connectivity index (χ1v) is 9.42. The van der Waals surface area contributed by atoms with Crippen molar-refractivity contribution in [2.75, 3.05) is 10.6 Å². The zero-order chi connectivity index (χ0) is 20.9. The highest BCUT2D eigenvalue weighted by molar-refractivity contribution is 6.04. The predicted molar refractivity (Wildman–Crippen MR) is 116 cm³/mol. The summed E-state index contributed by atoms with van der Waals surface area (Å²) in [4.78, 5) is 12.5. The van der Waals surface area contributed by atoms with Crippen molar-refractivity contribution in [1.82, 2.24) is 10.2 Å². The lowest BCUT2D eigenvalue weighted by molar-refractivity contribution is 0.102. The Kier molecular flexibility index (Phi) is 5.48. The van der Waals surface area contributed by atoms with Crippen LogP contribution in [0.2, 0.25) is 0 Å². The van der Waals surface area contributed by atoms with E-state index in [9.17, 15) is 9.18 Å². The molecule has 148 valence electrons. The van der Waals surface area contributed by atoms with Crippen molar-refractivity contribution in [2.45, 2.75) is 6.92 Å². The largest absolute Gasteiger partial charge is 0.339 e. The lowest BCUT2D eigenvalue weighted by Gasteiger charge is -2.09. The lowest BCUT2D eigenvalue weighted by Crippen LogP contribution is -2.12. The first-order valence-electron chi connectivity index (χ1n) is 9.42. The number of aryl methyl sites for hydroxylation is 1. The fourth-order valence-electron chi connectivity index (χ4n) is 3.01. The first-order chi connectivity index (χ1) is 14.6. The van der Waals surface area contributed by atoms with Gasteiger partial charge in [-0.25, -0.2) is 4.39 Å². The van der Waals surface area contributed by atoms with E-state index in [1.165, 1.54) is 12.1 Å². The van der Waals surface area contributed by atoms with Crippen molar-refractivity contribution in [2.24, 2.45) is 0 Å². The summed E-state index contributed by atoms with van der Waals surface area (Å²) < 4.78 is 13.3. The number of benzene rings is 3. The minimum Gasteiger partial charge on any atom is -0.339 e. The van der Waals surface area contributed by atoms with Gasteiger partial charge in [-0.05, 0) is 61.5 Å². The highest BCUT2D eigenvalue weighted by atomic mass is 19.1. The van der Waals surface area contributed by atoms with Gasteiger partial charge < -0.3 is 10.6 Å². The van der Waals surface area contributed by atoms with Gasteiger partial charge in [0.15, 0.2) is 5.82 Å². The Morgan fingerprint density at radius 3 is 2.40 bits per heavy atom. The number of nitrogens with zero attached hydrogens (tertiary/aromatic N) is 2. The van der Waals surface area contributed by atoms with Gasteiger partial charge in [0.1, 0.15) is 5.82 Å². The van der Waals surface area contributed by atoms with E-state index in [0.29, 0.717) is 22.8 Å². The van der Waals surface area contributed by atoms with Crippen LogP contribution in [0.1, 0.15) is 15.9 Å². The maximum atomic E-state index is 13.3. The Labute approximate surface area is 173 Å². The van der Waals surface area contributed by atoms with Gasteiger partial charge in [0.2, 0.25) is 0 Å². The molecule has 0 spiro atoms. The number of nitrogens with one attached hydrogen (secondary N) is 2. The monoisotopic (exact) mass is 398 g/mol. The van der Waals surface area contributed by atoms with Crippen molar-refractivity contribution in [3.63, 3.8) is 0 Å². The summed E-state index contributed by atoms with van der Waals surface area (Å²) in [5, 5.41) is 14.3. The molecule has 5 nitrogen and oxygen atoms in total. The fraction of sp³-hybridized carbons (Fsp3) is 0.0417.